The van der Waals surface area contributed by atoms with Crippen molar-refractivity contribution in [2.45, 2.75) is 51.0 Å². The van der Waals surface area contributed by atoms with E-state index in [0.717, 1.165) is 48.7 Å². The fraction of sp³-hybridized carbons (Fsp3) is 0.476. The zero-order chi connectivity index (χ0) is 19.8. The summed E-state index contributed by atoms with van der Waals surface area (Å²) in [7, 11) is 0. The largest absolute Gasteiger partial charge is 0.293 e. The molecule has 1 atom stereocenters. The van der Waals surface area contributed by atoms with Crippen molar-refractivity contribution < 1.29 is 4.39 Å². The second-order valence-corrected chi connectivity index (χ2v) is 9.36. The van der Waals surface area contributed by atoms with Crippen LogP contribution in [0.15, 0.2) is 36.8 Å². The van der Waals surface area contributed by atoms with E-state index in [1.54, 1.807) is 12.4 Å². The lowest BCUT2D eigenvalue weighted by Crippen LogP contribution is -2.42. The molecule has 1 aliphatic rings. The summed E-state index contributed by atoms with van der Waals surface area (Å²) < 4.78 is 13.4. The zero-order valence-electron chi connectivity index (χ0n) is 16.6. The molecule has 0 saturated carbocycles. The molecule has 0 aliphatic carbocycles. The number of hydrogen-bond acceptors (Lipinski definition) is 5. The minimum Gasteiger partial charge on any atom is -0.293 e. The third-order valence-electron chi connectivity index (χ3n) is 6.16. The highest BCUT2D eigenvalue weighted by atomic mass is 32.1. The van der Waals surface area contributed by atoms with Gasteiger partial charge in [0, 0.05) is 40.8 Å². The van der Waals surface area contributed by atoms with Crippen LogP contribution in [-0.2, 0) is 17.4 Å². The van der Waals surface area contributed by atoms with Gasteiger partial charge in [0.1, 0.15) is 12.2 Å². The molecule has 0 unspecified atom stereocenters. The number of rotatable bonds is 6. The third-order valence-corrected chi connectivity index (χ3v) is 7.09. The Kier molecular flexibility index (Phi) is 5.05. The lowest BCUT2D eigenvalue weighted by atomic mass is 9.81. The smallest absolute Gasteiger partial charge is 0.176 e. The summed E-state index contributed by atoms with van der Waals surface area (Å²) in [5.74, 6) is 0.935. The first-order chi connectivity index (χ1) is 13.4. The molecule has 1 N–H and O–H groups in total. The Morgan fingerprint density at radius 2 is 2.11 bits per heavy atom. The fourth-order valence-electron chi connectivity index (χ4n) is 4.19. The normalized spacial score (nSPS) is 20.7. The Morgan fingerprint density at radius 1 is 1.25 bits per heavy atom. The maximum absolute atomic E-state index is 13.4. The molecule has 1 fully saturated rings. The van der Waals surface area contributed by atoms with E-state index in [0.29, 0.717) is 0 Å². The van der Waals surface area contributed by atoms with Crippen molar-refractivity contribution in [2.24, 2.45) is 0 Å². The Bertz CT molecular complexity index is 919. The van der Waals surface area contributed by atoms with Gasteiger partial charge in [-0.25, -0.2) is 4.98 Å². The van der Waals surface area contributed by atoms with Crippen LogP contribution in [0.3, 0.4) is 0 Å². The molecule has 0 bridgehead atoms. The lowest BCUT2D eigenvalue weighted by molar-refractivity contribution is 0.141. The number of nitrogens with one attached hydrogen (secondary N) is 1. The molecule has 148 valence electrons. The molecule has 7 heteroatoms. The fourth-order valence-corrected chi connectivity index (χ4v) is 4.91. The highest BCUT2D eigenvalue weighted by Crippen LogP contribution is 2.42. The monoisotopic (exact) mass is 399 g/mol. The molecule has 4 rings (SSSR count). The first-order valence-electron chi connectivity index (χ1n) is 9.67. The molecule has 28 heavy (non-hydrogen) atoms. The number of aryl methyl sites for hydroxylation is 2. The van der Waals surface area contributed by atoms with Crippen molar-refractivity contribution in [1.82, 2.24) is 25.1 Å². The van der Waals surface area contributed by atoms with Gasteiger partial charge in [-0.05, 0) is 63.8 Å². The minimum absolute atomic E-state index is 0.105. The van der Waals surface area contributed by atoms with Gasteiger partial charge in [-0.2, -0.15) is 9.49 Å². The van der Waals surface area contributed by atoms with Crippen molar-refractivity contribution in [3.63, 3.8) is 0 Å². The number of likely N-dealkylation sites (tertiary alicyclic amines) is 1. The quantitative estimate of drug-likeness (QED) is 0.674. The summed E-state index contributed by atoms with van der Waals surface area (Å²) in [5, 5.41) is 7.09. The predicted octanol–water partition coefficient (Wildman–Crippen LogP) is 4.22. The molecular formula is C21H26FN5S. The van der Waals surface area contributed by atoms with E-state index in [9.17, 15) is 4.39 Å². The van der Waals surface area contributed by atoms with Gasteiger partial charge in [-0.3, -0.25) is 15.0 Å². The van der Waals surface area contributed by atoms with Crippen LogP contribution < -0.4 is 0 Å². The van der Waals surface area contributed by atoms with Crippen molar-refractivity contribution >= 4 is 11.3 Å². The summed E-state index contributed by atoms with van der Waals surface area (Å²) >= 11 is 1.24. The summed E-state index contributed by atoms with van der Waals surface area (Å²) in [6, 6.07) is 7.69. The standard InChI is InChI=1S/C21H26FN5S/c1-15-4-5-16(12-23-15)20(2,3)27-11-10-21(13-27,19-24-14-25-26-19)9-8-17-6-7-18(22)28-17/h4-7,12,14H,8-11,13H2,1-3H3,(H,24,25,26)/t21-/m1/s1. The molecule has 0 amide bonds. The van der Waals surface area contributed by atoms with Crippen LogP contribution in [-0.4, -0.2) is 38.2 Å². The molecule has 0 spiro atoms. The van der Waals surface area contributed by atoms with Crippen LogP contribution in [0.2, 0.25) is 0 Å². The van der Waals surface area contributed by atoms with Gasteiger partial charge >= 0.3 is 0 Å². The number of aromatic nitrogens is 4. The molecule has 1 saturated heterocycles. The van der Waals surface area contributed by atoms with Gasteiger partial charge in [0.15, 0.2) is 5.13 Å². The van der Waals surface area contributed by atoms with E-state index in [1.807, 2.05) is 19.2 Å². The van der Waals surface area contributed by atoms with Gasteiger partial charge in [0.25, 0.3) is 0 Å². The molecule has 0 aromatic carbocycles. The number of thiophene rings is 1. The van der Waals surface area contributed by atoms with Crippen LogP contribution >= 0.6 is 11.3 Å². The van der Waals surface area contributed by atoms with Crippen LogP contribution in [0.1, 0.15) is 48.6 Å². The summed E-state index contributed by atoms with van der Waals surface area (Å²) in [6.07, 6.45) is 6.33. The number of hydrogen-bond donors (Lipinski definition) is 1. The maximum atomic E-state index is 13.4. The molecule has 0 radical (unpaired) electrons. The number of pyridine rings is 1. The molecular weight excluding hydrogens is 373 g/mol. The van der Waals surface area contributed by atoms with Crippen molar-refractivity contribution in [1.29, 1.82) is 0 Å². The minimum atomic E-state index is -0.127. The van der Waals surface area contributed by atoms with Crippen LogP contribution in [0.4, 0.5) is 4.39 Å². The van der Waals surface area contributed by atoms with Gasteiger partial charge in [0.2, 0.25) is 0 Å². The van der Waals surface area contributed by atoms with Crippen molar-refractivity contribution in [3.05, 3.63) is 63.9 Å². The number of H-pyrrole nitrogens is 1. The van der Waals surface area contributed by atoms with Gasteiger partial charge < -0.3 is 0 Å². The van der Waals surface area contributed by atoms with E-state index < -0.39 is 0 Å². The summed E-state index contributed by atoms with van der Waals surface area (Å²) in [5.41, 5.74) is 2.01. The third kappa shape index (κ3) is 3.61. The molecule has 3 aromatic rings. The number of aromatic amines is 1. The van der Waals surface area contributed by atoms with Crippen LogP contribution in [0.5, 0.6) is 0 Å². The van der Waals surface area contributed by atoms with E-state index >= 15 is 0 Å². The average molecular weight is 400 g/mol. The Morgan fingerprint density at radius 3 is 2.75 bits per heavy atom. The second-order valence-electron chi connectivity index (χ2n) is 8.24. The van der Waals surface area contributed by atoms with Crippen LogP contribution in [0, 0.1) is 12.1 Å². The van der Waals surface area contributed by atoms with E-state index in [-0.39, 0.29) is 16.1 Å². The predicted molar refractivity (Wildman–Crippen MR) is 109 cm³/mol. The van der Waals surface area contributed by atoms with Gasteiger partial charge in [-0.1, -0.05) is 6.07 Å². The highest BCUT2D eigenvalue weighted by Gasteiger charge is 2.46. The van der Waals surface area contributed by atoms with Crippen LogP contribution in [0.25, 0.3) is 0 Å². The Hall–Kier alpha value is -2.12. The topological polar surface area (TPSA) is 57.7 Å². The van der Waals surface area contributed by atoms with Crippen molar-refractivity contribution in [3.8, 4) is 0 Å². The first kappa shape index (κ1) is 19.2. The molecule has 5 nitrogen and oxygen atoms in total. The molecule has 4 heterocycles. The Labute approximate surface area is 169 Å². The SMILES string of the molecule is Cc1ccc(C(C)(C)N2CC[C@@](CCc3ccc(F)s3)(c3ncn[nH]3)C2)cn1. The second kappa shape index (κ2) is 7.37. The van der Waals surface area contributed by atoms with E-state index in [1.165, 1.54) is 16.9 Å². The number of halogens is 1. The molecule has 3 aromatic heterocycles. The highest BCUT2D eigenvalue weighted by molar-refractivity contribution is 7.10. The zero-order valence-corrected chi connectivity index (χ0v) is 17.4. The number of nitrogens with zero attached hydrogens (tertiary/aromatic N) is 4. The average Bonchev–Trinajstić information content (AvgIpc) is 3.42. The lowest BCUT2D eigenvalue weighted by Gasteiger charge is -2.37. The maximum Gasteiger partial charge on any atom is 0.176 e. The van der Waals surface area contributed by atoms with Gasteiger partial charge in [0.05, 0.1) is 0 Å². The summed E-state index contributed by atoms with van der Waals surface area (Å²) in [4.78, 5) is 12.6. The summed E-state index contributed by atoms with van der Waals surface area (Å²) in [6.45, 7) is 8.38. The first-order valence-corrected chi connectivity index (χ1v) is 10.5. The Balaban J connectivity index is 1.57. The van der Waals surface area contributed by atoms with E-state index in [4.69, 9.17) is 0 Å². The van der Waals surface area contributed by atoms with Gasteiger partial charge in [-0.15, -0.1) is 11.3 Å². The molecule has 1 aliphatic heterocycles. The van der Waals surface area contributed by atoms with E-state index in [2.05, 4.69) is 51.0 Å². The van der Waals surface area contributed by atoms with Crippen molar-refractivity contribution in [2.75, 3.05) is 13.1 Å².